The average Bonchev–Trinajstić information content (AvgIpc) is 2.69. The molecule has 0 bridgehead atoms. The lowest BCUT2D eigenvalue weighted by atomic mass is 10.2. The molecule has 2 rings (SSSR count). The van der Waals surface area contributed by atoms with Crippen LogP contribution in [0.15, 0.2) is 6.20 Å². The van der Waals surface area contributed by atoms with Crippen molar-refractivity contribution in [2.75, 3.05) is 0 Å². The van der Waals surface area contributed by atoms with Gasteiger partial charge in [-0.15, -0.1) is 0 Å². The van der Waals surface area contributed by atoms with E-state index in [1.807, 2.05) is 20.8 Å². The van der Waals surface area contributed by atoms with Crippen molar-refractivity contribution < 1.29 is 0 Å². The fraction of sp³-hybridized carbons (Fsp3) is 0.545. The second-order valence-electron chi connectivity index (χ2n) is 3.45. The summed E-state index contributed by atoms with van der Waals surface area (Å²) in [4.78, 5) is 8.78. The second kappa shape index (κ2) is 4.87. The third kappa shape index (κ3) is 2.32. The predicted octanol–water partition coefficient (Wildman–Crippen LogP) is 2.81. The van der Waals surface area contributed by atoms with Crippen LogP contribution in [-0.4, -0.2) is 20.2 Å². The van der Waals surface area contributed by atoms with Crippen LogP contribution in [0.25, 0.3) is 11.0 Å². The summed E-state index contributed by atoms with van der Waals surface area (Å²) >= 11 is 0. The summed E-state index contributed by atoms with van der Waals surface area (Å²) in [7, 11) is 0. The van der Waals surface area contributed by atoms with Crippen LogP contribution in [0.5, 0.6) is 0 Å². The molecule has 4 heteroatoms. The fourth-order valence-electron chi connectivity index (χ4n) is 1.27. The van der Waals surface area contributed by atoms with Gasteiger partial charge in [-0.2, -0.15) is 5.10 Å². The number of aromatic amines is 1. The number of rotatable bonds is 1. The van der Waals surface area contributed by atoms with E-state index in [4.69, 9.17) is 0 Å². The first-order chi connectivity index (χ1) is 7.18. The van der Waals surface area contributed by atoms with Gasteiger partial charge >= 0.3 is 0 Å². The molecule has 82 valence electrons. The van der Waals surface area contributed by atoms with Gasteiger partial charge in [0, 0.05) is 5.92 Å². The summed E-state index contributed by atoms with van der Waals surface area (Å²) in [5.74, 6) is 1.24. The SMILES string of the molecule is CC.Cc1nc(C(C)C)nc2cn[nH]c12. The lowest BCUT2D eigenvalue weighted by molar-refractivity contribution is 0.776. The number of hydrogen-bond acceptors (Lipinski definition) is 3. The predicted molar refractivity (Wildman–Crippen MR) is 61.9 cm³/mol. The quantitative estimate of drug-likeness (QED) is 0.780. The van der Waals surface area contributed by atoms with E-state index >= 15 is 0 Å². The molecular formula is C11H18N4. The lowest BCUT2D eigenvalue weighted by Crippen LogP contribution is -1.99. The van der Waals surface area contributed by atoms with E-state index in [0.717, 1.165) is 22.6 Å². The van der Waals surface area contributed by atoms with E-state index in [1.54, 1.807) is 6.20 Å². The van der Waals surface area contributed by atoms with Crippen LogP contribution in [0.2, 0.25) is 0 Å². The Bertz CT molecular complexity index is 431. The highest BCUT2D eigenvalue weighted by molar-refractivity contribution is 5.75. The minimum atomic E-state index is 0.359. The van der Waals surface area contributed by atoms with Crippen LogP contribution in [0, 0.1) is 6.92 Å². The zero-order valence-corrected chi connectivity index (χ0v) is 10.00. The highest BCUT2D eigenvalue weighted by Crippen LogP contribution is 2.15. The maximum absolute atomic E-state index is 4.39. The molecule has 0 amide bonds. The molecule has 0 aromatic carbocycles. The number of H-pyrrole nitrogens is 1. The summed E-state index contributed by atoms with van der Waals surface area (Å²) in [5.41, 5.74) is 2.80. The van der Waals surface area contributed by atoms with Crippen molar-refractivity contribution in [2.45, 2.75) is 40.5 Å². The second-order valence-corrected chi connectivity index (χ2v) is 3.45. The summed E-state index contributed by atoms with van der Waals surface area (Å²) in [6.45, 7) is 10.1. The van der Waals surface area contributed by atoms with E-state index in [9.17, 15) is 0 Å². The van der Waals surface area contributed by atoms with Gasteiger partial charge in [0.2, 0.25) is 0 Å². The van der Waals surface area contributed by atoms with E-state index in [0.29, 0.717) is 5.92 Å². The molecule has 2 aromatic rings. The first-order valence-corrected chi connectivity index (χ1v) is 5.36. The minimum absolute atomic E-state index is 0.359. The third-order valence-corrected chi connectivity index (χ3v) is 2.01. The first-order valence-electron chi connectivity index (χ1n) is 5.36. The Kier molecular flexibility index (Phi) is 3.77. The van der Waals surface area contributed by atoms with Gasteiger partial charge in [-0.3, -0.25) is 5.10 Å². The van der Waals surface area contributed by atoms with Crippen LogP contribution in [0.4, 0.5) is 0 Å². The molecule has 1 N–H and O–H groups in total. The molecule has 4 nitrogen and oxygen atoms in total. The number of aromatic nitrogens is 4. The summed E-state index contributed by atoms with van der Waals surface area (Å²) in [5, 5.41) is 6.81. The van der Waals surface area contributed by atoms with Crippen LogP contribution >= 0.6 is 0 Å². The molecule has 0 radical (unpaired) electrons. The van der Waals surface area contributed by atoms with E-state index in [2.05, 4.69) is 34.0 Å². The van der Waals surface area contributed by atoms with Gasteiger partial charge in [0.1, 0.15) is 16.9 Å². The first kappa shape index (κ1) is 11.6. The molecule has 0 fully saturated rings. The zero-order chi connectivity index (χ0) is 11.4. The number of aryl methyl sites for hydroxylation is 1. The van der Waals surface area contributed by atoms with Gasteiger partial charge in [0.05, 0.1) is 11.9 Å². The highest BCUT2D eigenvalue weighted by atomic mass is 15.1. The van der Waals surface area contributed by atoms with Crippen LogP contribution in [-0.2, 0) is 0 Å². The molecule has 2 heterocycles. The Morgan fingerprint density at radius 3 is 2.47 bits per heavy atom. The summed E-state index contributed by atoms with van der Waals surface area (Å²) in [6.07, 6.45) is 1.73. The lowest BCUT2D eigenvalue weighted by Gasteiger charge is -2.04. The average molecular weight is 206 g/mol. The summed E-state index contributed by atoms with van der Waals surface area (Å²) in [6, 6.07) is 0. The Balaban J connectivity index is 0.000000531. The van der Waals surface area contributed by atoms with E-state index < -0.39 is 0 Å². The minimum Gasteiger partial charge on any atom is -0.274 e. The van der Waals surface area contributed by atoms with Crippen LogP contribution in [0.1, 0.15) is 45.1 Å². The number of fused-ring (bicyclic) bond motifs is 1. The maximum Gasteiger partial charge on any atom is 0.132 e. The molecule has 0 atom stereocenters. The number of nitrogens with one attached hydrogen (secondary N) is 1. The Hall–Kier alpha value is -1.45. The van der Waals surface area contributed by atoms with Gasteiger partial charge in [-0.1, -0.05) is 27.7 Å². The molecular weight excluding hydrogens is 188 g/mol. The monoisotopic (exact) mass is 206 g/mol. The zero-order valence-electron chi connectivity index (χ0n) is 10.00. The van der Waals surface area contributed by atoms with Crippen molar-refractivity contribution in [1.29, 1.82) is 0 Å². The molecule has 0 spiro atoms. The standard InChI is InChI=1S/C9H12N4.C2H6/c1-5(2)9-11-6(3)8-7(12-9)4-10-13-8;1-2/h4-5H,1-3H3,(H,10,13);1-2H3. The highest BCUT2D eigenvalue weighted by Gasteiger charge is 2.08. The topological polar surface area (TPSA) is 54.5 Å². The van der Waals surface area contributed by atoms with Crippen molar-refractivity contribution in [3.63, 3.8) is 0 Å². The molecule has 0 aliphatic carbocycles. The van der Waals surface area contributed by atoms with Gasteiger partial charge in [0.25, 0.3) is 0 Å². The molecule has 2 aromatic heterocycles. The van der Waals surface area contributed by atoms with E-state index in [-0.39, 0.29) is 0 Å². The van der Waals surface area contributed by atoms with E-state index in [1.165, 1.54) is 0 Å². The van der Waals surface area contributed by atoms with Gasteiger partial charge < -0.3 is 0 Å². The van der Waals surface area contributed by atoms with Gasteiger partial charge in [-0.05, 0) is 6.92 Å². The molecule has 0 aliphatic rings. The van der Waals surface area contributed by atoms with Crippen molar-refractivity contribution in [3.8, 4) is 0 Å². The molecule has 0 saturated carbocycles. The van der Waals surface area contributed by atoms with Crippen molar-refractivity contribution in [2.24, 2.45) is 0 Å². The Labute approximate surface area is 90.1 Å². The van der Waals surface area contributed by atoms with Gasteiger partial charge in [-0.25, -0.2) is 9.97 Å². The van der Waals surface area contributed by atoms with Gasteiger partial charge in [0.15, 0.2) is 0 Å². The molecule has 0 unspecified atom stereocenters. The molecule has 15 heavy (non-hydrogen) atoms. The third-order valence-electron chi connectivity index (χ3n) is 2.01. The summed E-state index contributed by atoms with van der Waals surface area (Å²) < 4.78 is 0. The Morgan fingerprint density at radius 1 is 1.20 bits per heavy atom. The fourth-order valence-corrected chi connectivity index (χ4v) is 1.27. The number of hydrogen-bond donors (Lipinski definition) is 1. The van der Waals surface area contributed by atoms with Crippen LogP contribution in [0.3, 0.4) is 0 Å². The Morgan fingerprint density at radius 2 is 1.87 bits per heavy atom. The van der Waals surface area contributed by atoms with Crippen LogP contribution < -0.4 is 0 Å². The maximum atomic E-state index is 4.39. The van der Waals surface area contributed by atoms with Crippen molar-refractivity contribution in [1.82, 2.24) is 20.2 Å². The largest absolute Gasteiger partial charge is 0.274 e. The van der Waals surface area contributed by atoms with Crippen molar-refractivity contribution in [3.05, 3.63) is 17.7 Å². The molecule has 0 saturated heterocycles. The normalized spacial score (nSPS) is 10.3. The number of nitrogens with zero attached hydrogens (tertiary/aromatic N) is 3. The molecule has 0 aliphatic heterocycles. The van der Waals surface area contributed by atoms with Crippen molar-refractivity contribution >= 4 is 11.0 Å². The smallest absolute Gasteiger partial charge is 0.132 e.